The molecular weight excluding hydrogens is 309 g/mol. The lowest BCUT2D eigenvalue weighted by Crippen LogP contribution is -2.09. The van der Waals surface area contributed by atoms with Crippen LogP contribution >= 0.6 is 0 Å². The number of rotatable bonds is 4. The van der Waals surface area contributed by atoms with Crippen molar-refractivity contribution in [3.8, 4) is 0 Å². The molecule has 5 nitrogen and oxygen atoms in total. The summed E-state index contributed by atoms with van der Waals surface area (Å²) in [7, 11) is 0. The molecule has 0 bridgehead atoms. The summed E-state index contributed by atoms with van der Waals surface area (Å²) in [6, 6.07) is 11.5. The van der Waals surface area contributed by atoms with Gasteiger partial charge in [-0.05, 0) is 31.2 Å². The molecule has 0 aliphatic rings. The van der Waals surface area contributed by atoms with E-state index in [2.05, 4.69) is 10.3 Å². The van der Waals surface area contributed by atoms with Crippen molar-refractivity contribution < 1.29 is 13.9 Å². The summed E-state index contributed by atoms with van der Waals surface area (Å²) >= 11 is 0. The maximum absolute atomic E-state index is 13.9. The molecule has 2 aromatic carbocycles. The summed E-state index contributed by atoms with van der Waals surface area (Å²) in [6.45, 7) is 2.00. The van der Waals surface area contributed by atoms with Crippen molar-refractivity contribution in [1.82, 2.24) is 4.98 Å². The molecule has 0 fully saturated rings. The van der Waals surface area contributed by atoms with Gasteiger partial charge in [0, 0.05) is 17.3 Å². The quantitative estimate of drug-likeness (QED) is 0.562. The zero-order valence-electron chi connectivity index (χ0n) is 13.0. The maximum Gasteiger partial charge on any atom is 0.340 e. The molecule has 6 heteroatoms. The first-order valence-electron chi connectivity index (χ1n) is 7.47. The van der Waals surface area contributed by atoms with Gasteiger partial charge in [-0.1, -0.05) is 18.2 Å². The van der Waals surface area contributed by atoms with E-state index in [1.807, 2.05) is 0 Å². The first kappa shape index (κ1) is 15.7. The molecule has 3 N–H and O–H groups in total. The molecule has 0 atom stereocenters. The zero-order chi connectivity index (χ0) is 17.1. The van der Waals surface area contributed by atoms with Gasteiger partial charge in [-0.3, -0.25) is 4.98 Å². The molecule has 0 aliphatic carbocycles. The Kier molecular flexibility index (Phi) is 4.29. The lowest BCUT2D eigenvalue weighted by molar-refractivity contribution is 0.0527. The van der Waals surface area contributed by atoms with Crippen LogP contribution in [0.2, 0.25) is 0 Å². The minimum atomic E-state index is -0.482. The first-order valence-corrected chi connectivity index (χ1v) is 7.47. The summed E-state index contributed by atoms with van der Waals surface area (Å²) in [5, 5.41) is 3.76. The smallest absolute Gasteiger partial charge is 0.340 e. The molecule has 0 radical (unpaired) electrons. The third-order valence-corrected chi connectivity index (χ3v) is 3.59. The Morgan fingerprint density at radius 3 is 2.79 bits per heavy atom. The molecule has 3 aromatic rings. The molecule has 122 valence electrons. The standard InChI is InChI=1S/C18H16FN3O2/c1-2-24-18(23)12-6-4-8-15(16(12)20)22-14-9-10-21-17-11(14)5-3-7-13(17)19/h3-10H,2,20H2,1H3,(H,21,22). The Morgan fingerprint density at radius 1 is 1.21 bits per heavy atom. The van der Waals surface area contributed by atoms with Crippen LogP contribution in [0.5, 0.6) is 0 Å². The van der Waals surface area contributed by atoms with Crippen LogP contribution in [0.15, 0.2) is 48.7 Å². The number of ether oxygens (including phenoxy) is 1. The van der Waals surface area contributed by atoms with Crippen molar-refractivity contribution in [2.75, 3.05) is 17.7 Å². The Balaban J connectivity index is 2.02. The summed E-state index contributed by atoms with van der Waals surface area (Å²) in [6.07, 6.45) is 1.51. The van der Waals surface area contributed by atoms with Gasteiger partial charge in [-0.2, -0.15) is 0 Å². The normalized spacial score (nSPS) is 10.6. The van der Waals surface area contributed by atoms with Gasteiger partial charge in [0.05, 0.1) is 23.5 Å². The van der Waals surface area contributed by atoms with Crippen LogP contribution in [-0.4, -0.2) is 17.6 Å². The molecule has 3 rings (SSSR count). The van der Waals surface area contributed by atoms with Crippen molar-refractivity contribution in [1.29, 1.82) is 0 Å². The lowest BCUT2D eigenvalue weighted by atomic mass is 10.1. The number of carbonyl (C=O) groups excluding carboxylic acids is 1. The number of carbonyl (C=O) groups is 1. The number of anilines is 3. The van der Waals surface area contributed by atoms with Crippen molar-refractivity contribution in [2.45, 2.75) is 6.92 Å². The minimum absolute atomic E-state index is 0.266. The Morgan fingerprint density at radius 2 is 2.00 bits per heavy atom. The number of fused-ring (bicyclic) bond motifs is 1. The van der Waals surface area contributed by atoms with Gasteiger partial charge in [-0.25, -0.2) is 9.18 Å². The Hall–Kier alpha value is -3.15. The van der Waals surface area contributed by atoms with Crippen LogP contribution in [0, 0.1) is 5.82 Å². The van der Waals surface area contributed by atoms with Crippen LogP contribution in [0.1, 0.15) is 17.3 Å². The number of halogens is 1. The second-order valence-corrected chi connectivity index (χ2v) is 5.11. The molecule has 1 heterocycles. The van der Waals surface area contributed by atoms with Crippen LogP contribution in [0.3, 0.4) is 0 Å². The minimum Gasteiger partial charge on any atom is -0.462 e. The molecule has 0 saturated carbocycles. The number of nitrogens with zero attached hydrogens (tertiary/aromatic N) is 1. The Bertz CT molecular complexity index is 912. The first-order chi connectivity index (χ1) is 11.6. The fourth-order valence-electron chi connectivity index (χ4n) is 2.46. The molecular formula is C18H16FN3O2. The molecule has 1 aromatic heterocycles. The largest absolute Gasteiger partial charge is 0.462 e. The zero-order valence-corrected chi connectivity index (χ0v) is 13.0. The molecule has 0 saturated heterocycles. The highest BCUT2D eigenvalue weighted by Gasteiger charge is 2.14. The molecule has 0 amide bonds. The second-order valence-electron chi connectivity index (χ2n) is 5.11. The fraction of sp³-hybridized carbons (Fsp3) is 0.111. The van der Waals surface area contributed by atoms with E-state index < -0.39 is 11.8 Å². The number of esters is 1. The number of aromatic nitrogens is 1. The van der Waals surface area contributed by atoms with E-state index in [0.717, 1.165) is 0 Å². The van der Waals surface area contributed by atoms with Crippen molar-refractivity contribution >= 4 is 33.9 Å². The van der Waals surface area contributed by atoms with Crippen LogP contribution in [0.4, 0.5) is 21.5 Å². The van der Waals surface area contributed by atoms with Crippen molar-refractivity contribution in [3.05, 3.63) is 60.0 Å². The van der Waals surface area contributed by atoms with Gasteiger partial charge in [0.1, 0.15) is 11.3 Å². The van der Waals surface area contributed by atoms with Gasteiger partial charge in [-0.15, -0.1) is 0 Å². The van der Waals surface area contributed by atoms with E-state index in [1.165, 1.54) is 12.3 Å². The van der Waals surface area contributed by atoms with Gasteiger partial charge >= 0.3 is 5.97 Å². The van der Waals surface area contributed by atoms with Crippen LogP contribution in [0.25, 0.3) is 10.9 Å². The van der Waals surface area contributed by atoms with Gasteiger partial charge < -0.3 is 15.8 Å². The van der Waals surface area contributed by atoms with E-state index in [9.17, 15) is 9.18 Å². The van der Waals surface area contributed by atoms with E-state index in [4.69, 9.17) is 10.5 Å². The van der Waals surface area contributed by atoms with Gasteiger partial charge in [0.25, 0.3) is 0 Å². The number of nitrogen functional groups attached to an aromatic ring is 1. The lowest BCUT2D eigenvalue weighted by Gasteiger charge is -2.14. The SMILES string of the molecule is CCOC(=O)c1cccc(Nc2ccnc3c(F)cccc23)c1N. The average molecular weight is 325 g/mol. The summed E-state index contributed by atoms with van der Waals surface area (Å²) in [4.78, 5) is 16.0. The maximum atomic E-state index is 13.9. The number of pyridine rings is 1. The number of benzene rings is 2. The predicted octanol–water partition coefficient (Wildman–Crippen LogP) is 3.88. The summed E-state index contributed by atoms with van der Waals surface area (Å²) in [5.74, 6) is -0.881. The highest BCUT2D eigenvalue weighted by Crippen LogP contribution is 2.30. The van der Waals surface area contributed by atoms with E-state index >= 15 is 0 Å². The van der Waals surface area contributed by atoms with Crippen molar-refractivity contribution in [3.63, 3.8) is 0 Å². The molecule has 0 unspecified atom stereocenters. The number of para-hydroxylation sites is 2. The topological polar surface area (TPSA) is 77.2 Å². The number of hydrogen-bond acceptors (Lipinski definition) is 5. The monoisotopic (exact) mass is 325 g/mol. The highest BCUT2D eigenvalue weighted by molar-refractivity contribution is 6.00. The van der Waals surface area contributed by atoms with Gasteiger partial charge in [0.15, 0.2) is 0 Å². The number of nitrogens with one attached hydrogen (secondary N) is 1. The third kappa shape index (κ3) is 2.86. The Labute approximate surface area is 138 Å². The van der Waals surface area contributed by atoms with Crippen LogP contribution in [-0.2, 0) is 4.74 Å². The number of nitrogens with two attached hydrogens (primary N) is 1. The predicted molar refractivity (Wildman–Crippen MR) is 91.8 cm³/mol. The van der Waals surface area contributed by atoms with Gasteiger partial charge in [0.2, 0.25) is 0 Å². The molecule has 0 spiro atoms. The highest BCUT2D eigenvalue weighted by atomic mass is 19.1. The van der Waals surface area contributed by atoms with E-state index in [0.29, 0.717) is 16.8 Å². The summed E-state index contributed by atoms with van der Waals surface area (Å²) < 4.78 is 18.9. The van der Waals surface area contributed by atoms with E-state index in [1.54, 1.807) is 43.3 Å². The number of hydrogen-bond donors (Lipinski definition) is 2. The van der Waals surface area contributed by atoms with E-state index in [-0.39, 0.29) is 23.4 Å². The second kappa shape index (κ2) is 6.54. The fourth-order valence-corrected chi connectivity index (χ4v) is 2.46. The summed E-state index contributed by atoms with van der Waals surface area (Å²) in [5.41, 5.74) is 8.09. The molecule has 24 heavy (non-hydrogen) atoms. The van der Waals surface area contributed by atoms with Crippen molar-refractivity contribution in [2.24, 2.45) is 0 Å². The third-order valence-electron chi connectivity index (χ3n) is 3.59. The van der Waals surface area contributed by atoms with Crippen LogP contribution < -0.4 is 11.1 Å². The average Bonchev–Trinajstić information content (AvgIpc) is 2.58. The molecule has 0 aliphatic heterocycles.